The van der Waals surface area contributed by atoms with Crippen molar-refractivity contribution in [1.82, 2.24) is 0 Å². The lowest BCUT2D eigenvalue weighted by Crippen LogP contribution is -2.21. The SMILES string of the molecule is Cc1c(C)c(Br)c(C)c(C2(C(=O)O)CC2)c1O. The molecular weight excluding hydrogens is 284 g/mol. The molecule has 2 N–H and O–H groups in total. The molecule has 92 valence electrons. The molecule has 17 heavy (non-hydrogen) atoms. The summed E-state index contributed by atoms with van der Waals surface area (Å²) in [6.07, 6.45) is 1.21. The van der Waals surface area contributed by atoms with E-state index in [1.54, 1.807) is 0 Å². The summed E-state index contributed by atoms with van der Waals surface area (Å²) >= 11 is 3.48. The Balaban J connectivity index is 2.76. The van der Waals surface area contributed by atoms with E-state index in [4.69, 9.17) is 0 Å². The minimum absolute atomic E-state index is 0.142. The van der Waals surface area contributed by atoms with Gasteiger partial charge in [0, 0.05) is 10.0 Å². The first-order valence-electron chi connectivity index (χ1n) is 5.55. The van der Waals surface area contributed by atoms with Gasteiger partial charge in [0.25, 0.3) is 0 Å². The second-order valence-electron chi connectivity index (χ2n) is 4.80. The Bertz CT molecular complexity index is 487. The van der Waals surface area contributed by atoms with Gasteiger partial charge in [-0.3, -0.25) is 4.79 Å². The number of carboxylic acid groups (broad SMARTS) is 1. The Labute approximate surface area is 109 Å². The first-order chi connectivity index (χ1) is 7.83. The summed E-state index contributed by atoms with van der Waals surface area (Å²) < 4.78 is 0.898. The lowest BCUT2D eigenvalue weighted by Gasteiger charge is -2.20. The van der Waals surface area contributed by atoms with Gasteiger partial charge in [-0.25, -0.2) is 0 Å². The fourth-order valence-electron chi connectivity index (χ4n) is 2.38. The number of rotatable bonds is 2. The second-order valence-corrected chi connectivity index (χ2v) is 5.59. The summed E-state index contributed by atoms with van der Waals surface area (Å²) in [5.74, 6) is -0.700. The number of aliphatic carboxylic acids is 1. The van der Waals surface area contributed by atoms with Crippen LogP contribution in [0.3, 0.4) is 0 Å². The number of halogens is 1. The minimum Gasteiger partial charge on any atom is -0.507 e. The normalized spacial score (nSPS) is 16.9. The highest BCUT2D eigenvalue weighted by molar-refractivity contribution is 9.10. The molecule has 1 fully saturated rings. The van der Waals surface area contributed by atoms with E-state index in [0.29, 0.717) is 18.4 Å². The van der Waals surface area contributed by atoms with Gasteiger partial charge < -0.3 is 10.2 Å². The summed E-state index contributed by atoms with van der Waals surface area (Å²) in [5, 5.41) is 19.6. The summed E-state index contributed by atoms with van der Waals surface area (Å²) in [7, 11) is 0. The maximum Gasteiger partial charge on any atom is 0.314 e. The number of carbonyl (C=O) groups is 1. The molecule has 0 aromatic heterocycles. The van der Waals surface area contributed by atoms with E-state index in [9.17, 15) is 15.0 Å². The standard InChI is InChI=1S/C13H15BrO3/c1-6-7(2)11(15)9(8(3)10(6)14)13(4-5-13)12(16)17/h15H,4-5H2,1-3H3,(H,16,17). The molecule has 1 aliphatic rings. The monoisotopic (exact) mass is 298 g/mol. The fraction of sp³-hybridized carbons (Fsp3) is 0.462. The minimum atomic E-state index is -0.866. The van der Waals surface area contributed by atoms with E-state index >= 15 is 0 Å². The highest BCUT2D eigenvalue weighted by Crippen LogP contribution is 2.54. The van der Waals surface area contributed by atoms with Gasteiger partial charge in [0.1, 0.15) is 5.75 Å². The van der Waals surface area contributed by atoms with E-state index in [1.807, 2.05) is 20.8 Å². The van der Waals surface area contributed by atoms with Crippen molar-refractivity contribution in [3.63, 3.8) is 0 Å². The molecule has 0 radical (unpaired) electrons. The fourth-order valence-corrected chi connectivity index (χ4v) is 2.88. The van der Waals surface area contributed by atoms with E-state index < -0.39 is 11.4 Å². The van der Waals surface area contributed by atoms with Gasteiger partial charge >= 0.3 is 5.97 Å². The molecule has 0 atom stereocenters. The number of phenols is 1. The van der Waals surface area contributed by atoms with Crippen molar-refractivity contribution in [2.45, 2.75) is 39.0 Å². The van der Waals surface area contributed by atoms with Gasteiger partial charge in [-0.2, -0.15) is 0 Å². The number of benzene rings is 1. The Hall–Kier alpha value is -1.03. The molecule has 0 bridgehead atoms. The van der Waals surface area contributed by atoms with Crippen LogP contribution in [0.15, 0.2) is 4.47 Å². The summed E-state index contributed by atoms with van der Waals surface area (Å²) in [4.78, 5) is 11.4. The van der Waals surface area contributed by atoms with Crippen molar-refractivity contribution >= 4 is 21.9 Å². The zero-order chi connectivity index (χ0) is 13.0. The first kappa shape index (κ1) is 12.4. The molecule has 0 aliphatic heterocycles. The first-order valence-corrected chi connectivity index (χ1v) is 6.34. The maximum absolute atomic E-state index is 11.4. The summed E-state index contributed by atoms with van der Waals surface area (Å²) in [6, 6.07) is 0. The number of aromatic hydroxyl groups is 1. The predicted molar refractivity (Wildman–Crippen MR) is 68.6 cm³/mol. The maximum atomic E-state index is 11.4. The van der Waals surface area contributed by atoms with Crippen molar-refractivity contribution in [3.8, 4) is 5.75 Å². The average Bonchev–Trinajstić information content (AvgIpc) is 3.05. The lowest BCUT2D eigenvalue weighted by atomic mass is 9.87. The number of phenolic OH excluding ortho intramolecular Hbond substituents is 1. The highest BCUT2D eigenvalue weighted by Gasteiger charge is 2.54. The zero-order valence-corrected chi connectivity index (χ0v) is 11.7. The molecule has 0 saturated heterocycles. The average molecular weight is 299 g/mol. The third-order valence-electron chi connectivity index (χ3n) is 3.83. The quantitative estimate of drug-likeness (QED) is 0.881. The van der Waals surface area contributed by atoms with Crippen LogP contribution < -0.4 is 0 Å². The number of carboxylic acids is 1. The molecular formula is C13H15BrO3. The van der Waals surface area contributed by atoms with E-state index in [0.717, 1.165) is 21.2 Å². The molecule has 2 rings (SSSR count). The van der Waals surface area contributed by atoms with Crippen LogP contribution in [0.5, 0.6) is 5.75 Å². The molecule has 0 amide bonds. The molecule has 0 heterocycles. The number of hydrogen-bond donors (Lipinski definition) is 2. The highest BCUT2D eigenvalue weighted by atomic mass is 79.9. The largest absolute Gasteiger partial charge is 0.507 e. The van der Waals surface area contributed by atoms with Gasteiger partial charge in [-0.15, -0.1) is 0 Å². The zero-order valence-electron chi connectivity index (χ0n) is 10.1. The van der Waals surface area contributed by atoms with Crippen molar-refractivity contribution in [3.05, 3.63) is 26.7 Å². The van der Waals surface area contributed by atoms with Crippen LogP contribution >= 0.6 is 15.9 Å². The van der Waals surface area contributed by atoms with Crippen LogP contribution in [0.4, 0.5) is 0 Å². The molecule has 1 aromatic rings. The summed E-state index contributed by atoms with van der Waals surface area (Å²) in [6.45, 7) is 5.58. The molecule has 3 nitrogen and oxygen atoms in total. The third-order valence-corrected chi connectivity index (χ3v) is 5.02. The Kier molecular flexibility index (Phi) is 2.73. The van der Waals surface area contributed by atoms with Crippen molar-refractivity contribution in [1.29, 1.82) is 0 Å². The van der Waals surface area contributed by atoms with Crippen LogP contribution in [0.1, 0.15) is 35.1 Å². The van der Waals surface area contributed by atoms with Crippen LogP contribution in [0.2, 0.25) is 0 Å². The van der Waals surface area contributed by atoms with E-state index in [-0.39, 0.29) is 5.75 Å². The number of hydrogen-bond acceptors (Lipinski definition) is 2. The Morgan fingerprint density at radius 1 is 1.18 bits per heavy atom. The van der Waals surface area contributed by atoms with Gasteiger partial charge in [-0.1, -0.05) is 15.9 Å². The molecule has 4 heteroatoms. The van der Waals surface area contributed by atoms with Crippen LogP contribution in [0, 0.1) is 20.8 Å². The summed E-state index contributed by atoms with van der Waals surface area (Å²) in [5.41, 5.74) is 2.27. The lowest BCUT2D eigenvalue weighted by molar-refractivity contribution is -0.140. The van der Waals surface area contributed by atoms with Gasteiger partial charge in [-0.05, 0) is 50.3 Å². The Morgan fingerprint density at radius 2 is 1.71 bits per heavy atom. The molecule has 0 unspecified atom stereocenters. The predicted octanol–water partition coefficient (Wildman–Crippen LogP) is 3.20. The molecule has 1 saturated carbocycles. The Morgan fingerprint density at radius 3 is 2.12 bits per heavy atom. The second kappa shape index (κ2) is 3.73. The van der Waals surface area contributed by atoms with Gasteiger partial charge in [0.15, 0.2) is 0 Å². The smallest absolute Gasteiger partial charge is 0.314 e. The van der Waals surface area contributed by atoms with E-state index in [1.165, 1.54) is 0 Å². The van der Waals surface area contributed by atoms with E-state index in [2.05, 4.69) is 15.9 Å². The van der Waals surface area contributed by atoms with Crippen LogP contribution in [-0.4, -0.2) is 16.2 Å². The van der Waals surface area contributed by atoms with Crippen LogP contribution in [-0.2, 0) is 10.2 Å². The molecule has 1 aromatic carbocycles. The van der Waals surface area contributed by atoms with Gasteiger partial charge in [0.05, 0.1) is 5.41 Å². The van der Waals surface area contributed by atoms with Crippen molar-refractivity contribution < 1.29 is 15.0 Å². The van der Waals surface area contributed by atoms with Gasteiger partial charge in [0.2, 0.25) is 0 Å². The topological polar surface area (TPSA) is 57.5 Å². The molecule has 1 aliphatic carbocycles. The third kappa shape index (κ3) is 1.58. The molecule has 0 spiro atoms. The van der Waals surface area contributed by atoms with Crippen molar-refractivity contribution in [2.75, 3.05) is 0 Å². The van der Waals surface area contributed by atoms with Crippen LogP contribution in [0.25, 0.3) is 0 Å². The van der Waals surface area contributed by atoms with Crippen molar-refractivity contribution in [2.24, 2.45) is 0 Å².